The van der Waals surface area contributed by atoms with E-state index in [2.05, 4.69) is 4.98 Å². The Hall–Kier alpha value is -2.96. The van der Waals surface area contributed by atoms with E-state index in [4.69, 9.17) is 4.74 Å². The lowest BCUT2D eigenvalue weighted by molar-refractivity contribution is -0.137. The lowest BCUT2D eigenvalue weighted by Crippen LogP contribution is -2.42. The van der Waals surface area contributed by atoms with Crippen molar-refractivity contribution in [1.29, 1.82) is 0 Å². The van der Waals surface area contributed by atoms with E-state index in [1.807, 2.05) is 0 Å². The second-order valence-corrected chi connectivity index (χ2v) is 9.83. The topological polar surface area (TPSA) is 79.8 Å². The van der Waals surface area contributed by atoms with Crippen LogP contribution in [-0.2, 0) is 21.0 Å². The van der Waals surface area contributed by atoms with E-state index in [0.29, 0.717) is 21.1 Å². The predicted molar refractivity (Wildman–Crippen MR) is 119 cm³/mol. The number of hydrogen-bond acceptors (Lipinski definition) is 7. The van der Waals surface area contributed by atoms with Gasteiger partial charge in [0, 0.05) is 17.1 Å². The second kappa shape index (κ2) is 9.49. The number of hydrogen-bond donors (Lipinski definition) is 0. The summed E-state index contributed by atoms with van der Waals surface area (Å²) in [4.78, 5) is 18.2. The maximum Gasteiger partial charge on any atom is 0.416 e. The number of benzene rings is 2. The summed E-state index contributed by atoms with van der Waals surface area (Å²) in [5.74, 6) is -0.458. The Morgan fingerprint density at radius 1 is 1.15 bits per heavy atom. The third-order valence-electron chi connectivity index (χ3n) is 4.46. The van der Waals surface area contributed by atoms with Crippen molar-refractivity contribution in [3.8, 4) is 16.3 Å². The zero-order chi connectivity index (χ0) is 24.4. The summed E-state index contributed by atoms with van der Waals surface area (Å²) in [6.45, 7) is -0.304. The van der Waals surface area contributed by atoms with Gasteiger partial charge in [-0.25, -0.2) is 17.7 Å². The Labute approximate surface area is 193 Å². The fourth-order valence-electron chi connectivity index (χ4n) is 3.02. The number of halogens is 3. The smallest absolute Gasteiger partial charge is 0.416 e. The average molecular weight is 500 g/mol. The number of ether oxygens (including phenoxy) is 1. The van der Waals surface area contributed by atoms with Gasteiger partial charge in [-0.2, -0.15) is 13.2 Å². The van der Waals surface area contributed by atoms with Crippen LogP contribution in [0, 0.1) is 0 Å². The third-order valence-corrected chi connectivity index (χ3v) is 7.00. The molecule has 0 radical (unpaired) electrons. The van der Waals surface area contributed by atoms with Gasteiger partial charge < -0.3 is 9.64 Å². The van der Waals surface area contributed by atoms with Gasteiger partial charge in [-0.1, -0.05) is 6.07 Å². The quantitative estimate of drug-likeness (QED) is 0.487. The van der Waals surface area contributed by atoms with Crippen LogP contribution in [0.3, 0.4) is 0 Å². The summed E-state index contributed by atoms with van der Waals surface area (Å²) in [7, 11) is -0.152. The molecule has 0 unspecified atom stereocenters. The first-order chi connectivity index (χ1) is 15.4. The Bertz CT molecular complexity index is 1240. The summed E-state index contributed by atoms with van der Waals surface area (Å²) in [6, 6.07) is 7.63. The minimum atomic E-state index is -4.75. The second-order valence-electron chi connectivity index (χ2n) is 7.15. The molecule has 0 saturated carbocycles. The van der Waals surface area contributed by atoms with Crippen LogP contribution in [0.1, 0.15) is 5.56 Å². The zero-order valence-corrected chi connectivity index (χ0v) is 19.5. The Kier molecular flexibility index (Phi) is 7.10. The highest BCUT2D eigenvalue weighted by molar-refractivity contribution is 7.93. The molecule has 0 bridgehead atoms. The maximum absolute atomic E-state index is 13.6. The zero-order valence-electron chi connectivity index (χ0n) is 17.8. The van der Waals surface area contributed by atoms with E-state index in [9.17, 15) is 26.4 Å². The fraction of sp³-hybridized carbons (Fsp3) is 0.238. The van der Waals surface area contributed by atoms with Crippen molar-refractivity contribution in [3.05, 3.63) is 59.6 Å². The minimum absolute atomic E-state index is 0.0463. The van der Waals surface area contributed by atoms with E-state index < -0.39 is 32.6 Å². The molecule has 2 aromatic carbocycles. The summed E-state index contributed by atoms with van der Waals surface area (Å²) in [5, 5.41) is 2.08. The standard InChI is InChI=1S/C21H20F3N3O4S2/c1-26(2)13-19(28)27(33(29,30)16-6-4-5-14(11-16)21(22,23)24)18-8-7-15(31-3)12-17(18)20-25-9-10-32-20/h4-12H,13H2,1-3H3. The van der Waals surface area contributed by atoms with Gasteiger partial charge >= 0.3 is 6.18 Å². The number of carbonyl (C=O) groups is 1. The van der Waals surface area contributed by atoms with E-state index in [1.165, 1.54) is 47.7 Å². The summed E-state index contributed by atoms with van der Waals surface area (Å²) in [6.07, 6.45) is -3.24. The molecule has 0 spiro atoms. The van der Waals surface area contributed by atoms with Crippen molar-refractivity contribution in [2.75, 3.05) is 32.1 Å². The van der Waals surface area contributed by atoms with E-state index in [0.717, 1.165) is 18.2 Å². The van der Waals surface area contributed by atoms with Crippen LogP contribution < -0.4 is 9.04 Å². The Morgan fingerprint density at radius 3 is 2.45 bits per heavy atom. The number of aromatic nitrogens is 1. The molecule has 12 heteroatoms. The molecule has 0 N–H and O–H groups in total. The van der Waals surface area contributed by atoms with Crippen LogP contribution in [0.5, 0.6) is 5.75 Å². The first-order valence-corrected chi connectivity index (χ1v) is 11.7. The van der Waals surface area contributed by atoms with Crippen molar-refractivity contribution >= 4 is 33.0 Å². The van der Waals surface area contributed by atoms with Crippen molar-refractivity contribution in [3.63, 3.8) is 0 Å². The number of alkyl halides is 3. The summed E-state index contributed by atoms with van der Waals surface area (Å²) in [5.41, 5.74) is -0.902. The molecule has 0 aliphatic rings. The van der Waals surface area contributed by atoms with Crippen molar-refractivity contribution in [2.45, 2.75) is 11.1 Å². The molecular weight excluding hydrogens is 479 g/mol. The van der Waals surface area contributed by atoms with Crippen LogP contribution in [-0.4, -0.2) is 52.0 Å². The maximum atomic E-state index is 13.6. The van der Waals surface area contributed by atoms with E-state index >= 15 is 0 Å². The number of nitrogens with zero attached hydrogens (tertiary/aromatic N) is 3. The van der Waals surface area contributed by atoms with Gasteiger partial charge in [-0.3, -0.25) is 4.79 Å². The molecule has 0 atom stereocenters. The molecule has 33 heavy (non-hydrogen) atoms. The van der Waals surface area contributed by atoms with Crippen LogP contribution in [0.2, 0.25) is 0 Å². The molecule has 0 fully saturated rings. The number of anilines is 1. The van der Waals surface area contributed by atoms with Gasteiger partial charge in [0.25, 0.3) is 15.9 Å². The molecule has 1 heterocycles. The molecule has 0 saturated heterocycles. The normalized spacial score (nSPS) is 12.1. The highest BCUT2D eigenvalue weighted by Gasteiger charge is 2.36. The molecule has 7 nitrogen and oxygen atoms in total. The Balaban J connectivity index is 2.26. The average Bonchev–Trinajstić information content (AvgIpc) is 3.27. The van der Waals surface area contributed by atoms with Crippen molar-refractivity contribution in [1.82, 2.24) is 9.88 Å². The molecule has 0 aliphatic heterocycles. The van der Waals surface area contributed by atoms with E-state index in [-0.39, 0.29) is 17.8 Å². The highest BCUT2D eigenvalue weighted by Crippen LogP contribution is 2.38. The van der Waals surface area contributed by atoms with E-state index in [1.54, 1.807) is 19.5 Å². The van der Waals surface area contributed by atoms with Gasteiger partial charge in [0.15, 0.2) is 0 Å². The van der Waals surface area contributed by atoms with Crippen molar-refractivity contribution in [2.24, 2.45) is 0 Å². The van der Waals surface area contributed by atoms with Gasteiger partial charge in [0.05, 0.1) is 29.8 Å². The number of sulfonamides is 1. The third kappa shape index (κ3) is 5.34. The first-order valence-electron chi connectivity index (χ1n) is 9.43. The number of amides is 1. The van der Waals surface area contributed by atoms with Gasteiger partial charge in [0.2, 0.25) is 0 Å². The number of rotatable bonds is 7. The highest BCUT2D eigenvalue weighted by atomic mass is 32.2. The number of thiazole rings is 1. The molecule has 1 aromatic heterocycles. The van der Waals surface area contributed by atoms with Gasteiger partial charge in [0.1, 0.15) is 10.8 Å². The number of methoxy groups -OCH3 is 1. The molecule has 1 amide bonds. The van der Waals surface area contributed by atoms with Crippen LogP contribution >= 0.6 is 11.3 Å². The molecule has 3 rings (SSSR count). The predicted octanol–water partition coefficient (Wildman–Crippen LogP) is 4.12. The molecular formula is C21H20F3N3O4S2. The lowest BCUT2D eigenvalue weighted by atomic mass is 10.1. The fourth-order valence-corrected chi connectivity index (χ4v) is 5.16. The van der Waals surface area contributed by atoms with Crippen LogP contribution in [0.4, 0.5) is 18.9 Å². The Morgan fingerprint density at radius 2 is 1.88 bits per heavy atom. The van der Waals surface area contributed by atoms with Gasteiger partial charge in [-0.05, 0) is 50.5 Å². The molecule has 3 aromatic rings. The molecule has 0 aliphatic carbocycles. The summed E-state index contributed by atoms with van der Waals surface area (Å²) >= 11 is 1.21. The lowest BCUT2D eigenvalue weighted by Gasteiger charge is -2.26. The van der Waals surface area contributed by atoms with Crippen LogP contribution in [0.15, 0.2) is 58.9 Å². The monoisotopic (exact) mass is 499 g/mol. The summed E-state index contributed by atoms with van der Waals surface area (Å²) < 4.78 is 72.6. The minimum Gasteiger partial charge on any atom is -0.497 e. The number of carbonyl (C=O) groups excluding carboxylic acids is 1. The first kappa shape index (κ1) is 24.7. The largest absolute Gasteiger partial charge is 0.497 e. The SMILES string of the molecule is COc1ccc(N(C(=O)CN(C)C)S(=O)(=O)c2cccc(C(F)(F)F)c2)c(-c2nccs2)c1. The van der Waals surface area contributed by atoms with Crippen LogP contribution in [0.25, 0.3) is 10.6 Å². The van der Waals surface area contributed by atoms with Gasteiger partial charge in [-0.15, -0.1) is 11.3 Å². The van der Waals surface area contributed by atoms with Crippen molar-refractivity contribution < 1.29 is 31.1 Å². The molecule has 176 valence electrons. The number of likely N-dealkylation sites (N-methyl/N-ethyl adjacent to an activating group) is 1.